The van der Waals surface area contributed by atoms with Gasteiger partial charge in [0.25, 0.3) is 0 Å². The van der Waals surface area contributed by atoms with Gasteiger partial charge in [0.1, 0.15) is 22.9 Å². The Morgan fingerprint density at radius 3 is 2.67 bits per heavy atom. The molecule has 1 aromatic carbocycles. The zero-order chi connectivity index (χ0) is 16.7. The SMILES string of the molecule is CCCCn1c(C2CCC2)nc2c1C(=O)c1ccccc1C2=NO. The van der Waals surface area contributed by atoms with E-state index in [9.17, 15) is 10.0 Å². The molecule has 2 aliphatic carbocycles. The summed E-state index contributed by atoms with van der Waals surface area (Å²) in [5.74, 6) is 1.40. The molecule has 1 heterocycles. The van der Waals surface area contributed by atoms with Crippen LogP contribution < -0.4 is 0 Å². The molecular weight excluding hydrogens is 302 g/mol. The van der Waals surface area contributed by atoms with E-state index in [1.165, 1.54) is 6.42 Å². The molecule has 1 N–H and O–H groups in total. The van der Waals surface area contributed by atoms with Crippen molar-refractivity contribution in [2.24, 2.45) is 5.16 Å². The zero-order valence-corrected chi connectivity index (χ0v) is 13.8. The number of benzene rings is 1. The van der Waals surface area contributed by atoms with E-state index in [1.54, 1.807) is 6.07 Å². The average Bonchev–Trinajstić information content (AvgIpc) is 2.91. The van der Waals surface area contributed by atoms with Gasteiger partial charge in [0.15, 0.2) is 0 Å². The van der Waals surface area contributed by atoms with Gasteiger partial charge in [-0.2, -0.15) is 0 Å². The second kappa shape index (κ2) is 5.89. The Bertz CT molecular complexity index is 831. The maximum atomic E-state index is 13.1. The van der Waals surface area contributed by atoms with Crippen molar-refractivity contribution in [2.45, 2.75) is 51.5 Å². The Morgan fingerprint density at radius 1 is 1.29 bits per heavy atom. The third kappa shape index (κ3) is 2.11. The van der Waals surface area contributed by atoms with Gasteiger partial charge >= 0.3 is 0 Å². The number of fused-ring (bicyclic) bond motifs is 2. The van der Waals surface area contributed by atoms with Gasteiger partial charge in [0, 0.05) is 23.6 Å². The molecule has 0 radical (unpaired) electrons. The second-order valence-electron chi connectivity index (χ2n) is 6.62. The number of ketones is 1. The summed E-state index contributed by atoms with van der Waals surface area (Å²) in [6.07, 6.45) is 5.51. The zero-order valence-electron chi connectivity index (χ0n) is 13.8. The van der Waals surface area contributed by atoms with E-state index in [2.05, 4.69) is 16.6 Å². The average molecular weight is 323 g/mol. The van der Waals surface area contributed by atoms with Gasteiger partial charge in [-0.15, -0.1) is 0 Å². The highest BCUT2D eigenvalue weighted by atomic mass is 16.4. The van der Waals surface area contributed by atoms with Crippen molar-refractivity contribution in [3.63, 3.8) is 0 Å². The molecule has 0 aliphatic heterocycles. The second-order valence-corrected chi connectivity index (χ2v) is 6.62. The van der Waals surface area contributed by atoms with Gasteiger partial charge in [0.05, 0.1) is 0 Å². The number of nitrogens with zero attached hydrogens (tertiary/aromatic N) is 3. The van der Waals surface area contributed by atoms with E-state index in [0.29, 0.717) is 34.1 Å². The lowest BCUT2D eigenvalue weighted by atomic mass is 9.85. The number of carbonyl (C=O) groups is 1. The molecule has 124 valence electrons. The number of hydrogen-bond acceptors (Lipinski definition) is 4. The number of imidazole rings is 1. The van der Waals surface area contributed by atoms with Crippen LogP contribution in [0.1, 0.15) is 78.1 Å². The minimum Gasteiger partial charge on any atom is -0.410 e. The van der Waals surface area contributed by atoms with E-state index >= 15 is 0 Å². The monoisotopic (exact) mass is 323 g/mol. The number of hydrogen-bond donors (Lipinski definition) is 1. The van der Waals surface area contributed by atoms with E-state index in [0.717, 1.165) is 38.1 Å². The van der Waals surface area contributed by atoms with Crippen molar-refractivity contribution in [2.75, 3.05) is 0 Å². The fourth-order valence-electron chi connectivity index (χ4n) is 3.63. The van der Waals surface area contributed by atoms with E-state index in [-0.39, 0.29) is 5.78 Å². The smallest absolute Gasteiger partial charge is 0.212 e. The first-order chi connectivity index (χ1) is 11.8. The molecule has 0 unspecified atom stereocenters. The summed E-state index contributed by atoms with van der Waals surface area (Å²) in [5.41, 5.74) is 2.81. The summed E-state index contributed by atoms with van der Waals surface area (Å²) in [4.78, 5) is 17.9. The van der Waals surface area contributed by atoms with Crippen molar-refractivity contribution >= 4 is 11.5 Å². The molecule has 5 heteroatoms. The van der Waals surface area contributed by atoms with Gasteiger partial charge in [0.2, 0.25) is 5.78 Å². The molecule has 5 nitrogen and oxygen atoms in total. The first kappa shape index (κ1) is 15.1. The van der Waals surface area contributed by atoms with Crippen LogP contribution in [-0.4, -0.2) is 26.3 Å². The number of aromatic nitrogens is 2. The number of carbonyl (C=O) groups excluding carboxylic acids is 1. The summed E-state index contributed by atoms with van der Waals surface area (Å²) >= 11 is 0. The van der Waals surface area contributed by atoms with Crippen LogP contribution in [0.3, 0.4) is 0 Å². The van der Waals surface area contributed by atoms with E-state index < -0.39 is 0 Å². The van der Waals surface area contributed by atoms with Crippen LogP contribution in [0, 0.1) is 0 Å². The topological polar surface area (TPSA) is 67.5 Å². The van der Waals surface area contributed by atoms with Gasteiger partial charge in [-0.25, -0.2) is 4.98 Å². The Balaban J connectivity index is 1.92. The minimum atomic E-state index is -0.0119. The first-order valence-electron chi connectivity index (χ1n) is 8.73. The summed E-state index contributed by atoms with van der Waals surface area (Å²) in [7, 11) is 0. The molecule has 24 heavy (non-hydrogen) atoms. The molecule has 1 aromatic heterocycles. The predicted molar refractivity (Wildman–Crippen MR) is 91.0 cm³/mol. The minimum absolute atomic E-state index is 0.0119. The highest BCUT2D eigenvalue weighted by Crippen LogP contribution is 2.39. The number of unbranched alkanes of at least 4 members (excludes halogenated alkanes) is 1. The van der Waals surface area contributed by atoms with Gasteiger partial charge in [-0.1, -0.05) is 49.2 Å². The summed E-state index contributed by atoms with van der Waals surface area (Å²) in [6, 6.07) is 7.31. The molecule has 1 saturated carbocycles. The molecule has 2 aliphatic rings. The normalized spacial score (nSPS) is 18.4. The van der Waals surface area contributed by atoms with Crippen LogP contribution in [0.15, 0.2) is 29.4 Å². The Labute approximate surface area is 141 Å². The number of rotatable bonds is 4. The highest BCUT2D eigenvalue weighted by Gasteiger charge is 2.37. The fraction of sp³-hybridized carbons (Fsp3) is 0.421. The molecule has 0 bridgehead atoms. The number of oxime groups is 1. The maximum absolute atomic E-state index is 13.1. The van der Waals surface area contributed by atoms with Crippen LogP contribution in [0.5, 0.6) is 0 Å². The Hall–Kier alpha value is -2.43. The van der Waals surface area contributed by atoms with Crippen LogP contribution in [0.25, 0.3) is 0 Å². The Morgan fingerprint density at radius 2 is 2.04 bits per heavy atom. The van der Waals surface area contributed by atoms with Crippen molar-refractivity contribution in [3.8, 4) is 0 Å². The van der Waals surface area contributed by atoms with Gasteiger partial charge < -0.3 is 9.77 Å². The summed E-state index contributed by atoms with van der Waals surface area (Å²) in [6.45, 7) is 2.93. The quantitative estimate of drug-likeness (QED) is 0.588. The van der Waals surface area contributed by atoms with Crippen molar-refractivity contribution in [1.82, 2.24) is 9.55 Å². The predicted octanol–water partition coefficient (Wildman–Crippen LogP) is 3.72. The van der Waals surface area contributed by atoms with Crippen molar-refractivity contribution in [3.05, 3.63) is 52.6 Å². The molecule has 0 saturated heterocycles. The fourth-order valence-corrected chi connectivity index (χ4v) is 3.63. The van der Waals surface area contributed by atoms with Crippen LogP contribution in [0.2, 0.25) is 0 Å². The standard InChI is InChI=1S/C19H21N3O2/c1-2-3-11-22-17-16(20-19(22)12-7-6-8-12)15(21-24)13-9-4-5-10-14(13)18(17)23/h4-5,9-10,12,24H,2-3,6-8,11H2,1H3. The lowest BCUT2D eigenvalue weighted by Crippen LogP contribution is -2.24. The molecule has 1 fully saturated rings. The van der Waals surface area contributed by atoms with Gasteiger partial charge in [-0.05, 0) is 19.3 Å². The summed E-state index contributed by atoms with van der Waals surface area (Å²) in [5, 5.41) is 13.1. The first-order valence-corrected chi connectivity index (χ1v) is 8.73. The van der Waals surface area contributed by atoms with Crippen LogP contribution in [0.4, 0.5) is 0 Å². The third-order valence-corrected chi connectivity index (χ3v) is 5.17. The van der Waals surface area contributed by atoms with Crippen LogP contribution >= 0.6 is 0 Å². The highest BCUT2D eigenvalue weighted by molar-refractivity contribution is 6.28. The van der Waals surface area contributed by atoms with Crippen LogP contribution in [-0.2, 0) is 6.54 Å². The molecule has 4 rings (SSSR count). The largest absolute Gasteiger partial charge is 0.410 e. The molecular formula is C19H21N3O2. The van der Waals surface area contributed by atoms with Gasteiger partial charge in [-0.3, -0.25) is 4.79 Å². The van der Waals surface area contributed by atoms with Crippen molar-refractivity contribution in [1.29, 1.82) is 0 Å². The molecule has 2 aromatic rings. The lowest BCUT2D eigenvalue weighted by Gasteiger charge is -2.26. The van der Waals surface area contributed by atoms with Crippen molar-refractivity contribution < 1.29 is 10.0 Å². The third-order valence-electron chi connectivity index (χ3n) is 5.17. The molecule has 0 spiro atoms. The Kier molecular flexibility index (Phi) is 3.71. The molecule has 0 amide bonds. The lowest BCUT2D eigenvalue weighted by molar-refractivity contribution is 0.102. The summed E-state index contributed by atoms with van der Waals surface area (Å²) < 4.78 is 2.09. The maximum Gasteiger partial charge on any atom is 0.212 e. The van der Waals surface area contributed by atoms with E-state index in [4.69, 9.17) is 4.98 Å². The molecule has 0 atom stereocenters. The van der Waals surface area contributed by atoms with E-state index in [1.807, 2.05) is 18.2 Å².